The fourth-order valence-electron chi connectivity index (χ4n) is 19.0. The van der Waals surface area contributed by atoms with Crippen LogP contribution < -0.4 is 0 Å². The van der Waals surface area contributed by atoms with E-state index in [0.29, 0.717) is 35.5 Å². The molecule has 7 heteroatoms. The molecule has 10 saturated carbocycles. The van der Waals surface area contributed by atoms with E-state index in [1.165, 1.54) is 154 Å². The molecule has 76 heavy (non-hydrogen) atoms. The Morgan fingerprint density at radius 1 is 0.316 bits per heavy atom. The van der Waals surface area contributed by atoms with Crippen molar-refractivity contribution in [3.8, 4) is 0 Å². The SMILES string of the molecule is CC1CCC(N(C2CCC(C)CC2)C2CCC(C=C(C3CCC(O)CC3)C3CCC(OC(=O)OC4CCC(C(=CC5CCC(N(C6CCC(C)CC6)C6CCC(C)CC6)CC5)C5CCC(O)CC5)CC4)CC3)CC2)CC1. The van der Waals surface area contributed by atoms with Crippen molar-refractivity contribution in [2.75, 3.05) is 0 Å². The van der Waals surface area contributed by atoms with Gasteiger partial charge >= 0.3 is 6.16 Å². The average molecular weight is 1050 g/mol. The molecule has 10 rings (SSSR count). The van der Waals surface area contributed by atoms with Crippen LogP contribution in [0.25, 0.3) is 0 Å². The minimum Gasteiger partial charge on any atom is -0.431 e. The summed E-state index contributed by atoms with van der Waals surface area (Å²) in [6, 6.07) is 4.78. The average Bonchev–Trinajstić information content (AvgIpc) is 3.44. The normalized spacial score (nSPS) is 43.8. The van der Waals surface area contributed by atoms with Gasteiger partial charge in [0.25, 0.3) is 0 Å². The third-order valence-corrected chi connectivity index (χ3v) is 24.0. The van der Waals surface area contributed by atoms with Gasteiger partial charge in [0.2, 0.25) is 0 Å². The predicted molar refractivity (Wildman–Crippen MR) is 312 cm³/mol. The minimum atomic E-state index is -0.423. The molecule has 0 radical (unpaired) electrons. The van der Waals surface area contributed by atoms with Crippen LogP contribution in [0.2, 0.25) is 0 Å². The number of aliphatic hydroxyl groups excluding tert-OH is 2. The Kier molecular flexibility index (Phi) is 21.3. The van der Waals surface area contributed by atoms with E-state index >= 15 is 0 Å². The quantitative estimate of drug-likeness (QED) is 0.132. The zero-order valence-corrected chi connectivity index (χ0v) is 49.5. The van der Waals surface area contributed by atoms with Crippen molar-refractivity contribution >= 4 is 6.16 Å². The van der Waals surface area contributed by atoms with Gasteiger partial charge in [-0.3, -0.25) is 9.80 Å². The lowest BCUT2D eigenvalue weighted by atomic mass is 9.70. The van der Waals surface area contributed by atoms with Gasteiger partial charge in [-0.05, 0) is 316 Å². The number of carbonyl (C=O) groups excluding carboxylic acids is 1. The predicted octanol–water partition coefficient (Wildman–Crippen LogP) is 17.2. The van der Waals surface area contributed by atoms with Crippen LogP contribution in [0.1, 0.15) is 285 Å². The second-order valence-corrected chi connectivity index (χ2v) is 29.5. The summed E-state index contributed by atoms with van der Waals surface area (Å²) in [5.41, 5.74) is 3.44. The second kappa shape index (κ2) is 28.0. The molecule has 0 aromatic rings. The van der Waals surface area contributed by atoms with Gasteiger partial charge in [-0.2, -0.15) is 0 Å². The maximum Gasteiger partial charge on any atom is 0.508 e. The van der Waals surface area contributed by atoms with E-state index in [1.54, 1.807) is 11.1 Å². The van der Waals surface area contributed by atoms with Crippen LogP contribution in [-0.4, -0.2) is 86.8 Å². The van der Waals surface area contributed by atoms with Gasteiger partial charge in [0.1, 0.15) is 12.2 Å². The summed E-state index contributed by atoms with van der Waals surface area (Å²) in [6.07, 6.45) is 54.8. The first-order valence-corrected chi connectivity index (χ1v) is 34.2. The molecule has 0 atom stereocenters. The van der Waals surface area contributed by atoms with E-state index < -0.39 is 6.16 Å². The fraction of sp³-hybridized carbons (Fsp3) is 0.928. The molecule has 0 aromatic carbocycles. The molecule has 2 N–H and O–H groups in total. The lowest BCUT2D eigenvalue weighted by molar-refractivity contribution is -0.0244. The molecule has 10 fully saturated rings. The standard InChI is InChI=1S/C69H116N2O5/c1-47-5-25-57(26-6-47)70(58-27-7-48(2)8-28-58)61-33-13-51(14-34-61)45-67(53-17-37-63(72)38-18-53)55-21-41-65(42-22-55)75-69(74)76-66-43-23-56(24-44-66)68(54-19-39-64(73)40-20-54)46-52-15-35-62(36-16-52)71(59-29-9-49(3)10-30-59)60-31-11-50(4)12-32-60/h45-66,72-73H,5-44H2,1-4H3. The van der Waals surface area contributed by atoms with E-state index in [-0.39, 0.29) is 24.4 Å². The number of allylic oxidation sites excluding steroid dienone is 4. The van der Waals surface area contributed by atoms with Crippen LogP contribution in [0.3, 0.4) is 0 Å². The monoisotopic (exact) mass is 1050 g/mol. The van der Waals surface area contributed by atoms with E-state index in [1.807, 2.05) is 0 Å². The fourth-order valence-corrected chi connectivity index (χ4v) is 19.0. The Labute approximate surface area is 466 Å². The number of nitrogens with zero attached hydrogens (tertiary/aromatic N) is 2. The number of hydrogen-bond donors (Lipinski definition) is 2. The van der Waals surface area contributed by atoms with Crippen molar-refractivity contribution in [1.82, 2.24) is 9.80 Å². The smallest absolute Gasteiger partial charge is 0.431 e. The number of aliphatic hydroxyl groups is 2. The molecule has 10 aliphatic rings. The number of ether oxygens (including phenoxy) is 2. The van der Waals surface area contributed by atoms with Crippen molar-refractivity contribution in [2.45, 2.75) is 345 Å². The third-order valence-electron chi connectivity index (χ3n) is 24.0. The summed E-state index contributed by atoms with van der Waals surface area (Å²) in [5.74, 6) is 7.33. The maximum absolute atomic E-state index is 13.6. The van der Waals surface area contributed by atoms with Crippen LogP contribution in [0, 0.1) is 59.2 Å². The zero-order chi connectivity index (χ0) is 52.5. The first kappa shape index (κ1) is 57.8. The highest BCUT2D eigenvalue weighted by atomic mass is 16.7. The Hall–Kier alpha value is -1.41. The minimum absolute atomic E-state index is 0.0439. The van der Waals surface area contributed by atoms with Gasteiger partial charge in [0.05, 0.1) is 12.2 Å². The molecule has 0 heterocycles. The van der Waals surface area contributed by atoms with Crippen molar-refractivity contribution in [3.05, 3.63) is 23.3 Å². The van der Waals surface area contributed by atoms with Gasteiger partial charge in [0, 0.05) is 36.3 Å². The summed E-state index contributed by atoms with van der Waals surface area (Å²) < 4.78 is 12.4. The third kappa shape index (κ3) is 15.6. The summed E-state index contributed by atoms with van der Waals surface area (Å²) in [5, 5.41) is 21.1. The summed E-state index contributed by atoms with van der Waals surface area (Å²) in [4.78, 5) is 19.9. The van der Waals surface area contributed by atoms with Crippen molar-refractivity contribution in [2.24, 2.45) is 59.2 Å². The van der Waals surface area contributed by atoms with Gasteiger partial charge in [-0.1, -0.05) is 51.0 Å². The van der Waals surface area contributed by atoms with Gasteiger partial charge in [0.15, 0.2) is 0 Å². The molecule has 0 unspecified atom stereocenters. The summed E-state index contributed by atoms with van der Waals surface area (Å²) in [7, 11) is 0. The Morgan fingerprint density at radius 3 is 0.789 bits per heavy atom. The van der Waals surface area contributed by atoms with Crippen LogP contribution in [0.4, 0.5) is 4.79 Å². The number of rotatable bonds is 14. The molecule has 0 aromatic heterocycles. The van der Waals surface area contributed by atoms with Crippen LogP contribution in [0.5, 0.6) is 0 Å². The van der Waals surface area contributed by atoms with Gasteiger partial charge in [-0.25, -0.2) is 4.79 Å². The molecule has 0 bridgehead atoms. The van der Waals surface area contributed by atoms with Gasteiger partial charge < -0.3 is 19.7 Å². The molecule has 0 aliphatic heterocycles. The Bertz CT molecular complexity index is 1600. The summed E-state index contributed by atoms with van der Waals surface area (Å²) in [6.45, 7) is 9.92. The van der Waals surface area contributed by atoms with Gasteiger partial charge in [-0.15, -0.1) is 0 Å². The molecule has 10 aliphatic carbocycles. The lowest BCUT2D eigenvalue weighted by Gasteiger charge is -2.49. The van der Waals surface area contributed by atoms with E-state index in [0.717, 1.165) is 163 Å². The van der Waals surface area contributed by atoms with Crippen molar-refractivity contribution < 1.29 is 24.5 Å². The van der Waals surface area contributed by atoms with Crippen LogP contribution >= 0.6 is 0 Å². The van der Waals surface area contributed by atoms with E-state index in [2.05, 4.69) is 49.6 Å². The Balaban J connectivity index is 0.703. The first-order valence-electron chi connectivity index (χ1n) is 34.2. The first-order chi connectivity index (χ1) is 37.0. The second-order valence-electron chi connectivity index (χ2n) is 29.5. The highest BCUT2D eigenvalue weighted by Crippen LogP contribution is 2.47. The molecule has 7 nitrogen and oxygen atoms in total. The lowest BCUT2D eigenvalue weighted by Crippen LogP contribution is -2.52. The van der Waals surface area contributed by atoms with Crippen LogP contribution in [0.15, 0.2) is 23.3 Å². The van der Waals surface area contributed by atoms with Crippen LogP contribution in [-0.2, 0) is 9.47 Å². The molecular formula is C69H116N2O5. The maximum atomic E-state index is 13.6. The largest absolute Gasteiger partial charge is 0.508 e. The number of hydrogen-bond acceptors (Lipinski definition) is 7. The topological polar surface area (TPSA) is 82.5 Å². The highest BCUT2D eigenvalue weighted by molar-refractivity contribution is 5.60. The van der Waals surface area contributed by atoms with Crippen molar-refractivity contribution in [1.29, 1.82) is 0 Å². The summed E-state index contributed by atoms with van der Waals surface area (Å²) >= 11 is 0. The molecule has 0 saturated heterocycles. The molecule has 0 spiro atoms. The zero-order valence-electron chi connectivity index (χ0n) is 49.5. The molecule has 432 valence electrons. The highest BCUT2D eigenvalue weighted by Gasteiger charge is 2.41. The van der Waals surface area contributed by atoms with E-state index in [9.17, 15) is 15.0 Å². The van der Waals surface area contributed by atoms with E-state index in [4.69, 9.17) is 9.47 Å². The Morgan fingerprint density at radius 2 is 0.539 bits per heavy atom. The molecule has 0 amide bonds. The van der Waals surface area contributed by atoms with Crippen molar-refractivity contribution in [3.63, 3.8) is 0 Å². The molecular weight excluding hydrogens is 937 g/mol. The number of carbonyl (C=O) groups is 1.